The first-order valence-electron chi connectivity index (χ1n) is 6.75. The van der Waals surface area contributed by atoms with Crippen LogP contribution in [-0.4, -0.2) is 26.3 Å². The molecule has 3 rings (SSSR count). The number of benzene rings is 1. The maximum absolute atomic E-state index is 6.51. The molecule has 1 atom stereocenters. The Morgan fingerprint density at radius 3 is 2.67 bits per heavy atom. The molecule has 1 aromatic carbocycles. The summed E-state index contributed by atoms with van der Waals surface area (Å²) >= 11 is 16.4. The van der Waals surface area contributed by atoms with E-state index in [0.29, 0.717) is 5.02 Å². The van der Waals surface area contributed by atoms with Crippen molar-refractivity contribution >= 4 is 46.7 Å². The minimum Gasteiger partial charge on any atom is -0.247 e. The molecule has 0 spiro atoms. The molecule has 0 amide bonds. The highest BCUT2D eigenvalue weighted by Gasteiger charge is 2.46. The van der Waals surface area contributed by atoms with Crippen molar-refractivity contribution in [1.82, 2.24) is 14.8 Å². The lowest BCUT2D eigenvalue weighted by Gasteiger charge is -2.36. The predicted molar refractivity (Wildman–Crippen MR) is 92.4 cm³/mol. The van der Waals surface area contributed by atoms with E-state index in [1.165, 1.54) is 0 Å². The highest BCUT2D eigenvalue weighted by molar-refractivity contribution is 8.20. The monoisotopic (exact) mass is 359 g/mol. The van der Waals surface area contributed by atoms with Crippen LogP contribution in [0.2, 0.25) is 10.0 Å². The molecule has 2 aromatic rings. The number of hydrogen-bond acceptors (Lipinski definition) is 4. The summed E-state index contributed by atoms with van der Waals surface area (Å²) in [5, 5.41) is 5.75. The summed E-state index contributed by atoms with van der Waals surface area (Å²) in [6.07, 6.45) is 4.34. The molecular weight excluding hydrogens is 345 g/mol. The zero-order chi connectivity index (χ0) is 14.9. The van der Waals surface area contributed by atoms with Crippen LogP contribution in [0.1, 0.15) is 24.9 Å². The third-order valence-electron chi connectivity index (χ3n) is 3.60. The number of nitrogens with zero attached hydrogens (tertiary/aromatic N) is 3. The summed E-state index contributed by atoms with van der Waals surface area (Å²) in [5.74, 6) is 2.21. The number of rotatable bonds is 4. The van der Waals surface area contributed by atoms with Gasteiger partial charge in [0.2, 0.25) is 0 Å². The maximum atomic E-state index is 6.51. The number of aromatic nitrogens is 3. The summed E-state index contributed by atoms with van der Waals surface area (Å²) in [7, 11) is 0. The molecule has 0 bridgehead atoms. The molecule has 1 fully saturated rings. The van der Waals surface area contributed by atoms with E-state index in [-0.39, 0.29) is 10.1 Å². The summed E-state index contributed by atoms with van der Waals surface area (Å²) in [4.78, 5) is 4.10. The lowest BCUT2D eigenvalue weighted by Crippen LogP contribution is -2.30. The van der Waals surface area contributed by atoms with Gasteiger partial charge in [0, 0.05) is 21.6 Å². The van der Waals surface area contributed by atoms with Crippen LogP contribution in [0.5, 0.6) is 0 Å². The lowest BCUT2D eigenvalue weighted by molar-refractivity contribution is 0.410. The fraction of sp³-hybridized carbons (Fsp3) is 0.429. The molecule has 1 aliphatic rings. The van der Waals surface area contributed by atoms with Gasteiger partial charge in [0.15, 0.2) is 0 Å². The molecule has 0 radical (unpaired) electrons. The molecule has 0 aliphatic carbocycles. The van der Waals surface area contributed by atoms with Gasteiger partial charge in [-0.25, -0.2) is 9.67 Å². The van der Waals surface area contributed by atoms with Crippen LogP contribution in [-0.2, 0) is 4.08 Å². The number of hydrogen-bond donors (Lipinski definition) is 0. The molecule has 0 saturated carbocycles. The fourth-order valence-electron chi connectivity index (χ4n) is 2.74. The zero-order valence-corrected chi connectivity index (χ0v) is 14.6. The fourth-order valence-corrected chi connectivity index (χ4v) is 7.11. The Morgan fingerprint density at radius 2 is 2.10 bits per heavy atom. The van der Waals surface area contributed by atoms with Gasteiger partial charge in [-0.05, 0) is 24.1 Å². The molecule has 21 heavy (non-hydrogen) atoms. The quantitative estimate of drug-likeness (QED) is 0.778. The lowest BCUT2D eigenvalue weighted by atomic mass is 10.0. The SMILES string of the molecule is CCC(n1cncn1)C1(c2ccc(Cl)cc2Cl)SCCS1. The first kappa shape index (κ1) is 15.5. The zero-order valence-electron chi connectivity index (χ0n) is 11.5. The van der Waals surface area contributed by atoms with Crippen LogP contribution >= 0.6 is 46.7 Å². The molecular formula is C14H15Cl2N3S2. The Kier molecular flexibility index (Phi) is 4.74. The van der Waals surface area contributed by atoms with Crippen LogP contribution in [0.3, 0.4) is 0 Å². The van der Waals surface area contributed by atoms with Crippen LogP contribution < -0.4 is 0 Å². The van der Waals surface area contributed by atoms with Crippen molar-refractivity contribution < 1.29 is 0 Å². The summed E-state index contributed by atoms with van der Waals surface area (Å²) in [6.45, 7) is 2.18. The summed E-state index contributed by atoms with van der Waals surface area (Å²) in [5.41, 5.74) is 1.13. The van der Waals surface area contributed by atoms with E-state index in [0.717, 1.165) is 28.5 Å². The molecule has 0 N–H and O–H groups in total. The number of halogens is 2. The first-order chi connectivity index (χ1) is 10.2. The van der Waals surface area contributed by atoms with Gasteiger partial charge < -0.3 is 0 Å². The molecule has 1 aromatic heterocycles. The van der Waals surface area contributed by atoms with E-state index in [1.807, 2.05) is 40.3 Å². The second-order valence-corrected chi connectivity index (χ2v) is 8.57. The third-order valence-corrected chi connectivity index (χ3v) is 7.78. The smallest absolute Gasteiger partial charge is 0.137 e. The van der Waals surface area contributed by atoms with E-state index < -0.39 is 0 Å². The van der Waals surface area contributed by atoms with Gasteiger partial charge in [0.25, 0.3) is 0 Å². The molecule has 3 nitrogen and oxygen atoms in total. The first-order valence-corrected chi connectivity index (χ1v) is 9.47. The Labute approximate surface area is 142 Å². The van der Waals surface area contributed by atoms with Gasteiger partial charge in [-0.1, -0.05) is 36.2 Å². The van der Waals surface area contributed by atoms with Crippen LogP contribution in [0, 0.1) is 0 Å². The van der Waals surface area contributed by atoms with Crippen molar-refractivity contribution in [3.05, 3.63) is 46.5 Å². The van der Waals surface area contributed by atoms with Crippen molar-refractivity contribution in [2.24, 2.45) is 0 Å². The predicted octanol–water partition coefficient (Wildman–Crippen LogP) is 4.87. The Morgan fingerprint density at radius 1 is 1.33 bits per heavy atom. The van der Waals surface area contributed by atoms with Crippen LogP contribution in [0.25, 0.3) is 0 Å². The minimum absolute atomic E-state index is 0.135. The van der Waals surface area contributed by atoms with Gasteiger partial charge in [-0.2, -0.15) is 5.10 Å². The van der Waals surface area contributed by atoms with Crippen molar-refractivity contribution in [3.63, 3.8) is 0 Å². The van der Waals surface area contributed by atoms with E-state index >= 15 is 0 Å². The topological polar surface area (TPSA) is 30.7 Å². The maximum Gasteiger partial charge on any atom is 0.137 e. The van der Waals surface area contributed by atoms with Gasteiger partial charge >= 0.3 is 0 Å². The summed E-state index contributed by atoms with van der Waals surface area (Å²) in [6, 6.07) is 6.00. The van der Waals surface area contributed by atoms with Crippen molar-refractivity contribution in [1.29, 1.82) is 0 Å². The normalized spacial score (nSPS) is 18.8. The van der Waals surface area contributed by atoms with Crippen molar-refractivity contribution in [3.8, 4) is 0 Å². The average Bonchev–Trinajstić information content (AvgIpc) is 3.12. The van der Waals surface area contributed by atoms with Crippen molar-refractivity contribution in [2.75, 3.05) is 11.5 Å². The molecule has 112 valence electrons. The second kappa shape index (κ2) is 6.41. The van der Waals surface area contributed by atoms with E-state index in [4.69, 9.17) is 23.2 Å². The van der Waals surface area contributed by atoms with Gasteiger partial charge in [-0.3, -0.25) is 0 Å². The van der Waals surface area contributed by atoms with E-state index in [9.17, 15) is 0 Å². The molecule has 1 unspecified atom stereocenters. The largest absolute Gasteiger partial charge is 0.247 e. The van der Waals surface area contributed by atoms with E-state index in [1.54, 1.807) is 12.7 Å². The standard InChI is InChI=1S/C14H15Cl2N3S2/c1-2-13(19-9-17-8-18-19)14(20-5-6-21-14)11-4-3-10(15)7-12(11)16/h3-4,7-9,13H,2,5-6H2,1H3. The highest BCUT2D eigenvalue weighted by atomic mass is 35.5. The average molecular weight is 360 g/mol. The third kappa shape index (κ3) is 2.81. The molecule has 1 saturated heterocycles. The van der Waals surface area contributed by atoms with Gasteiger partial charge in [0.1, 0.15) is 16.7 Å². The number of thioether (sulfide) groups is 2. The van der Waals surface area contributed by atoms with Gasteiger partial charge in [-0.15, -0.1) is 23.5 Å². The molecule has 7 heteroatoms. The Balaban J connectivity index is 2.11. The van der Waals surface area contributed by atoms with Crippen molar-refractivity contribution in [2.45, 2.75) is 23.5 Å². The van der Waals surface area contributed by atoms with Gasteiger partial charge in [0.05, 0.1) is 6.04 Å². The Bertz CT molecular complexity index is 613. The molecule has 2 heterocycles. The van der Waals surface area contributed by atoms with Crippen LogP contribution in [0.15, 0.2) is 30.9 Å². The molecule has 1 aliphatic heterocycles. The Hall–Kier alpha value is -0.360. The van der Waals surface area contributed by atoms with E-state index in [2.05, 4.69) is 23.1 Å². The minimum atomic E-state index is -0.135. The van der Waals surface area contributed by atoms with Crippen LogP contribution in [0.4, 0.5) is 0 Å². The second-order valence-electron chi connectivity index (χ2n) is 4.79. The highest BCUT2D eigenvalue weighted by Crippen LogP contribution is 2.60. The summed E-state index contributed by atoms with van der Waals surface area (Å²) < 4.78 is 1.82.